The number of halogens is 2. The predicted octanol–water partition coefficient (Wildman–Crippen LogP) is 5.15. The molecule has 0 spiro atoms. The van der Waals surface area contributed by atoms with Gasteiger partial charge in [-0.2, -0.15) is 0 Å². The molecule has 0 aliphatic rings. The minimum atomic E-state index is -0.302. The highest BCUT2D eigenvalue weighted by Gasteiger charge is 2.09. The molecule has 0 amide bonds. The Morgan fingerprint density at radius 3 is 2.88 bits per heavy atom. The number of carbonyl (C=O) groups excluding carboxylic acids is 1. The maximum atomic E-state index is 13.2. The highest BCUT2D eigenvalue weighted by molar-refractivity contribution is 14.1. The third-order valence-electron chi connectivity index (χ3n) is 3.92. The van der Waals surface area contributed by atoms with Crippen LogP contribution < -0.4 is 4.74 Å². The van der Waals surface area contributed by atoms with Crippen LogP contribution in [0.5, 0.6) is 5.75 Å². The van der Waals surface area contributed by atoms with Gasteiger partial charge >= 0.3 is 5.97 Å². The average molecular weight is 437 g/mol. The van der Waals surface area contributed by atoms with E-state index in [0.717, 1.165) is 11.9 Å². The summed E-state index contributed by atoms with van der Waals surface area (Å²) in [6, 6.07) is 10.6. The summed E-state index contributed by atoms with van der Waals surface area (Å²) in [5, 5.41) is 1.20. The highest BCUT2D eigenvalue weighted by atomic mass is 127. The molecule has 0 aliphatic carbocycles. The lowest BCUT2D eigenvalue weighted by Gasteiger charge is -2.05. The van der Waals surface area contributed by atoms with Crippen LogP contribution in [-0.2, 0) is 11.2 Å². The van der Waals surface area contributed by atoms with Crippen molar-refractivity contribution in [1.82, 2.24) is 4.98 Å². The molecule has 0 radical (unpaired) electrons. The van der Waals surface area contributed by atoms with Crippen LogP contribution in [0.2, 0.25) is 0 Å². The number of aryl methyl sites for hydroxylation is 2. The quantitative estimate of drug-likeness (QED) is 0.341. The number of aromatic amines is 1. The van der Waals surface area contributed by atoms with Crippen molar-refractivity contribution in [3.63, 3.8) is 0 Å². The van der Waals surface area contributed by atoms with E-state index in [4.69, 9.17) is 4.74 Å². The smallest absolute Gasteiger partial charge is 0.311 e. The number of benzene rings is 2. The molecule has 0 saturated heterocycles. The minimum Gasteiger partial charge on any atom is -0.427 e. The first-order valence-corrected chi connectivity index (χ1v) is 8.83. The number of ether oxygens (including phenoxy) is 1. The number of hydrogen-bond donors (Lipinski definition) is 1. The van der Waals surface area contributed by atoms with Gasteiger partial charge in [-0.3, -0.25) is 4.79 Å². The maximum absolute atomic E-state index is 13.2. The fourth-order valence-electron chi connectivity index (χ4n) is 2.64. The Morgan fingerprint density at radius 1 is 1.25 bits per heavy atom. The maximum Gasteiger partial charge on any atom is 0.311 e. The Bertz CT molecular complexity index is 888. The van der Waals surface area contributed by atoms with Crippen LogP contribution >= 0.6 is 22.6 Å². The number of aromatic nitrogens is 1. The third kappa shape index (κ3) is 3.95. The molecule has 0 fully saturated rings. The van der Waals surface area contributed by atoms with Crippen molar-refractivity contribution in [3.8, 4) is 5.75 Å². The summed E-state index contributed by atoms with van der Waals surface area (Å²) in [6.07, 6.45) is 3.83. The third-order valence-corrected chi connectivity index (χ3v) is 4.59. The molecule has 0 atom stereocenters. The van der Waals surface area contributed by atoms with E-state index in [1.54, 1.807) is 6.92 Å². The predicted molar refractivity (Wildman–Crippen MR) is 101 cm³/mol. The zero-order chi connectivity index (χ0) is 17.1. The number of fused-ring (bicyclic) bond motifs is 1. The van der Waals surface area contributed by atoms with Gasteiger partial charge in [-0.25, -0.2) is 4.39 Å². The van der Waals surface area contributed by atoms with E-state index in [1.807, 2.05) is 6.20 Å². The van der Waals surface area contributed by atoms with Crippen LogP contribution in [0.25, 0.3) is 10.9 Å². The molecule has 3 rings (SSSR count). The Hall–Kier alpha value is -1.89. The van der Waals surface area contributed by atoms with Gasteiger partial charge in [0.25, 0.3) is 0 Å². The summed E-state index contributed by atoms with van der Waals surface area (Å²) >= 11 is 2.29. The van der Waals surface area contributed by atoms with Gasteiger partial charge in [-0.05, 0) is 89.9 Å². The van der Waals surface area contributed by atoms with Gasteiger partial charge in [0, 0.05) is 27.1 Å². The van der Waals surface area contributed by atoms with Crippen molar-refractivity contribution in [3.05, 3.63) is 63.1 Å². The normalized spacial score (nSPS) is 11.0. The lowest BCUT2D eigenvalue weighted by Crippen LogP contribution is -2.08. The molecular formula is C19H17FINO2. The number of nitrogens with one attached hydrogen (secondary N) is 1. The molecular weight excluding hydrogens is 420 g/mol. The standard InChI is InChI=1S/C19H17FINO2/c1-12-9-15(6-7-17(12)20)24-19(23)4-2-3-13-11-22-18-8-5-14(21)10-16(13)18/h5-11,22H,2-4H2,1H3. The van der Waals surface area contributed by atoms with Crippen LogP contribution in [0.15, 0.2) is 42.6 Å². The highest BCUT2D eigenvalue weighted by Crippen LogP contribution is 2.22. The van der Waals surface area contributed by atoms with E-state index in [9.17, 15) is 9.18 Å². The van der Waals surface area contributed by atoms with Crippen LogP contribution in [0.4, 0.5) is 4.39 Å². The summed E-state index contributed by atoms with van der Waals surface area (Å²) in [7, 11) is 0. The number of hydrogen-bond acceptors (Lipinski definition) is 2. The second-order valence-corrected chi connectivity index (χ2v) is 6.99. The van der Waals surface area contributed by atoms with Crippen molar-refractivity contribution < 1.29 is 13.9 Å². The molecule has 1 aromatic heterocycles. The van der Waals surface area contributed by atoms with Crippen molar-refractivity contribution in [1.29, 1.82) is 0 Å². The van der Waals surface area contributed by atoms with E-state index in [1.165, 1.54) is 32.7 Å². The van der Waals surface area contributed by atoms with Gasteiger partial charge in [0.2, 0.25) is 0 Å². The van der Waals surface area contributed by atoms with Gasteiger partial charge in [-0.15, -0.1) is 0 Å². The number of rotatable bonds is 5. The van der Waals surface area contributed by atoms with E-state index in [-0.39, 0.29) is 11.8 Å². The van der Waals surface area contributed by atoms with Gasteiger partial charge in [-0.1, -0.05) is 0 Å². The summed E-state index contributed by atoms with van der Waals surface area (Å²) in [5.74, 6) is -0.209. The molecule has 1 heterocycles. The van der Waals surface area contributed by atoms with E-state index < -0.39 is 0 Å². The fourth-order valence-corrected chi connectivity index (χ4v) is 3.13. The fraction of sp³-hybridized carbons (Fsp3) is 0.211. The average Bonchev–Trinajstić information content (AvgIpc) is 2.93. The summed E-state index contributed by atoms with van der Waals surface area (Å²) < 4.78 is 19.7. The molecule has 24 heavy (non-hydrogen) atoms. The Balaban J connectivity index is 1.56. The molecule has 124 valence electrons. The van der Waals surface area contributed by atoms with E-state index in [2.05, 4.69) is 45.8 Å². The first-order valence-electron chi connectivity index (χ1n) is 7.75. The lowest BCUT2D eigenvalue weighted by molar-refractivity contribution is -0.134. The van der Waals surface area contributed by atoms with Crippen LogP contribution in [0.1, 0.15) is 24.0 Å². The first-order chi connectivity index (χ1) is 11.5. The van der Waals surface area contributed by atoms with Crippen LogP contribution in [0.3, 0.4) is 0 Å². The molecule has 0 unspecified atom stereocenters. The molecule has 2 aromatic carbocycles. The summed E-state index contributed by atoms with van der Waals surface area (Å²) in [5.41, 5.74) is 2.78. The molecule has 3 aromatic rings. The van der Waals surface area contributed by atoms with Crippen LogP contribution in [-0.4, -0.2) is 11.0 Å². The van der Waals surface area contributed by atoms with Gasteiger partial charge < -0.3 is 9.72 Å². The molecule has 3 nitrogen and oxygen atoms in total. The largest absolute Gasteiger partial charge is 0.427 e. The zero-order valence-corrected chi connectivity index (χ0v) is 15.4. The zero-order valence-electron chi connectivity index (χ0n) is 13.2. The Morgan fingerprint density at radius 2 is 2.08 bits per heavy atom. The van der Waals surface area contributed by atoms with E-state index >= 15 is 0 Å². The summed E-state index contributed by atoms with van der Waals surface area (Å²) in [6.45, 7) is 1.64. The van der Waals surface area contributed by atoms with Crippen molar-refractivity contribution in [2.24, 2.45) is 0 Å². The van der Waals surface area contributed by atoms with Gasteiger partial charge in [0.15, 0.2) is 0 Å². The second-order valence-electron chi connectivity index (χ2n) is 5.74. The molecule has 0 saturated carbocycles. The molecule has 1 N–H and O–H groups in total. The van der Waals surface area contributed by atoms with Gasteiger partial charge in [0.05, 0.1) is 0 Å². The Labute approximate surface area is 153 Å². The molecule has 0 bridgehead atoms. The second kappa shape index (κ2) is 7.34. The number of carbonyl (C=O) groups is 1. The minimum absolute atomic E-state index is 0.296. The monoisotopic (exact) mass is 437 g/mol. The number of H-pyrrole nitrogens is 1. The number of esters is 1. The summed E-state index contributed by atoms with van der Waals surface area (Å²) in [4.78, 5) is 15.2. The SMILES string of the molecule is Cc1cc(OC(=O)CCCc2c[nH]c3ccc(I)cc23)ccc1F. The van der Waals surface area contributed by atoms with Crippen molar-refractivity contribution in [2.45, 2.75) is 26.2 Å². The van der Waals surface area contributed by atoms with Crippen molar-refractivity contribution >= 4 is 39.5 Å². The van der Waals surface area contributed by atoms with Crippen molar-refractivity contribution in [2.75, 3.05) is 0 Å². The molecule has 5 heteroatoms. The Kier molecular flexibility index (Phi) is 5.18. The lowest BCUT2D eigenvalue weighted by atomic mass is 10.1. The van der Waals surface area contributed by atoms with Crippen LogP contribution in [0, 0.1) is 16.3 Å². The van der Waals surface area contributed by atoms with Gasteiger partial charge in [0.1, 0.15) is 11.6 Å². The topological polar surface area (TPSA) is 42.1 Å². The van der Waals surface area contributed by atoms with E-state index in [0.29, 0.717) is 24.2 Å². The first kappa shape index (κ1) is 17.0. The molecule has 0 aliphatic heterocycles.